The fraction of sp³-hybridized carbons (Fsp3) is 0. The van der Waals surface area contributed by atoms with Crippen molar-refractivity contribution in [2.24, 2.45) is 5.10 Å². The average molecular weight is 364 g/mol. The molecule has 5 nitrogen and oxygen atoms in total. The highest BCUT2D eigenvalue weighted by molar-refractivity contribution is 9.10. The van der Waals surface area contributed by atoms with E-state index in [1.165, 1.54) is 18.2 Å². The summed E-state index contributed by atoms with van der Waals surface area (Å²) in [4.78, 5) is 23.3. The van der Waals surface area contributed by atoms with Gasteiger partial charge in [0.1, 0.15) is 5.82 Å². The van der Waals surface area contributed by atoms with Crippen molar-refractivity contribution in [3.8, 4) is 0 Å². The number of hydrazone groups is 1. The number of rotatable bonds is 3. The summed E-state index contributed by atoms with van der Waals surface area (Å²) in [6.07, 6.45) is 1.12. The van der Waals surface area contributed by atoms with E-state index in [1.807, 2.05) is 5.43 Å². The Morgan fingerprint density at radius 3 is 2.45 bits per heavy atom. The highest BCUT2D eigenvalue weighted by Crippen LogP contribution is 2.20. The number of nitrogens with one attached hydrogen (secondary N) is 2. The third kappa shape index (κ3) is 4.23. The molecule has 0 aliphatic rings. The first kappa shape index (κ1) is 15.8. The summed E-state index contributed by atoms with van der Waals surface area (Å²) in [7, 11) is 0. The topological polar surface area (TPSA) is 70.6 Å². The minimum absolute atomic E-state index is 0.203. The number of halogens is 2. The Balaban J connectivity index is 1.94. The van der Waals surface area contributed by atoms with Crippen LogP contribution in [0.25, 0.3) is 0 Å². The van der Waals surface area contributed by atoms with Gasteiger partial charge in [-0.25, -0.2) is 9.82 Å². The third-order valence-electron chi connectivity index (χ3n) is 2.60. The van der Waals surface area contributed by atoms with E-state index in [2.05, 4.69) is 26.3 Å². The first-order chi connectivity index (χ1) is 10.6. The van der Waals surface area contributed by atoms with Crippen molar-refractivity contribution in [1.82, 2.24) is 5.43 Å². The van der Waals surface area contributed by atoms with Gasteiger partial charge in [-0.2, -0.15) is 5.10 Å². The molecule has 7 heteroatoms. The molecule has 2 amide bonds. The van der Waals surface area contributed by atoms with Crippen LogP contribution in [-0.4, -0.2) is 18.0 Å². The van der Waals surface area contributed by atoms with Gasteiger partial charge in [0, 0.05) is 10.0 Å². The maximum absolute atomic E-state index is 13.3. The van der Waals surface area contributed by atoms with Gasteiger partial charge in [0.15, 0.2) is 0 Å². The van der Waals surface area contributed by atoms with Crippen LogP contribution in [0.5, 0.6) is 0 Å². The number of carbonyl (C=O) groups is 2. The highest BCUT2D eigenvalue weighted by atomic mass is 79.9. The lowest BCUT2D eigenvalue weighted by Crippen LogP contribution is -2.32. The maximum atomic E-state index is 13.3. The molecule has 0 spiro atoms. The van der Waals surface area contributed by atoms with E-state index in [0.29, 0.717) is 10.2 Å². The Hall–Kier alpha value is -2.54. The van der Waals surface area contributed by atoms with Gasteiger partial charge in [-0.1, -0.05) is 30.3 Å². The van der Waals surface area contributed by atoms with E-state index >= 15 is 0 Å². The standard InChI is InChI=1S/C15H11BrFN3O2/c16-11-6-2-4-8-13(11)19-14(21)15(22)20-18-9-10-5-1-3-7-12(10)17/h1-9H,(H,19,21)(H,20,22)/b18-9-. The number of hydrogen-bond donors (Lipinski definition) is 2. The van der Waals surface area contributed by atoms with Crippen LogP contribution in [0.2, 0.25) is 0 Å². The summed E-state index contributed by atoms with van der Waals surface area (Å²) in [6, 6.07) is 12.8. The fourth-order valence-corrected chi connectivity index (χ4v) is 1.92. The van der Waals surface area contributed by atoms with Crippen LogP contribution in [0.15, 0.2) is 58.1 Å². The largest absolute Gasteiger partial charge is 0.329 e. The van der Waals surface area contributed by atoms with Crippen LogP contribution in [0, 0.1) is 5.82 Å². The van der Waals surface area contributed by atoms with Crippen LogP contribution >= 0.6 is 15.9 Å². The van der Waals surface area contributed by atoms with Gasteiger partial charge in [-0.15, -0.1) is 0 Å². The van der Waals surface area contributed by atoms with Crippen LogP contribution in [0.4, 0.5) is 10.1 Å². The van der Waals surface area contributed by atoms with Crippen molar-refractivity contribution in [2.45, 2.75) is 0 Å². The molecule has 0 heterocycles. The van der Waals surface area contributed by atoms with Crippen molar-refractivity contribution < 1.29 is 14.0 Å². The lowest BCUT2D eigenvalue weighted by molar-refractivity contribution is -0.136. The molecule has 112 valence electrons. The molecule has 22 heavy (non-hydrogen) atoms. The fourth-order valence-electron chi connectivity index (χ4n) is 1.53. The number of nitrogens with zero attached hydrogens (tertiary/aromatic N) is 1. The number of anilines is 1. The summed E-state index contributed by atoms with van der Waals surface area (Å²) in [5, 5.41) is 5.97. The zero-order chi connectivity index (χ0) is 15.9. The first-order valence-electron chi connectivity index (χ1n) is 6.21. The number of amides is 2. The van der Waals surface area contributed by atoms with E-state index in [-0.39, 0.29) is 5.56 Å². The molecule has 2 aromatic rings. The minimum atomic E-state index is -0.955. The van der Waals surface area contributed by atoms with Gasteiger partial charge in [0.2, 0.25) is 0 Å². The number of carbonyl (C=O) groups excluding carboxylic acids is 2. The second kappa shape index (κ2) is 7.46. The van der Waals surface area contributed by atoms with E-state index in [9.17, 15) is 14.0 Å². The molecule has 0 aliphatic carbocycles. The SMILES string of the molecule is O=C(N/N=C\c1ccccc1F)C(=O)Nc1ccccc1Br. The van der Waals surface area contributed by atoms with Crippen LogP contribution in [0.3, 0.4) is 0 Å². The second-order valence-electron chi connectivity index (χ2n) is 4.15. The van der Waals surface area contributed by atoms with Gasteiger partial charge in [-0.3, -0.25) is 9.59 Å². The molecule has 2 aromatic carbocycles. The number of benzene rings is 2. The zero-order valence-electron chi connectivity index (χ0n) is 11.2. The number of hydrogen-bond acceptors (Lipinski definition) is 3. The molecule has 0 atom stereocenters. The highest BCUT2D eigenvalue weighted by Gasteiger charge is 2.13. The summed E-state index contributed by atoms with van der Waals surface area (Å²) >= 11 is 3.25. The van der Waals surface area contributed by atoms with E-state index in [0.717, 1.165) is 6.21 Å². The molecule has 0 fully saturated rings. The second-order valence-corrected chi connectivity index (χ2v) is 5.01. The smallest absolute Gasteiger partial charge is 0.317 e. The van der Waals surface area contributed by atoms with Crippen LogP contribution < -0.4 is 10.7 Å². The zero-order valence-corrected chi connectivity index (χ0v) is 12.8. The Bertz CT molecular complexity index is 734. The van der Waals surface area contributed by atoms with Gasteiger partial charge >= 0.3 is 11.8 Å². The van der Waals surface area contributed by atoms with Crippen molar-refractivity contribution in [2.75, 3.05) is 5.32 Å². The molecule has 0 radical (unpaired) electrons. The first-order valence-corrected chi connectivity index (χ1v) is 7.00. The van der Waals surface area contributed by atoms with Gasteiger partial charge in [0.25, 0.3) is 0 Å². The van der Waals surface area contributed by atoms with Gasteiger partial charge in [-0.05, 0) is 34.1 Å². The molecule has 0 bridgehead atoms. The van der Waals surface area contributed by atoms with Crippen molar-refractivity contribution in [3.05, 3.63) is 64.4 Å². The van der Waals surface area contributed by atoms with Crippen LogP contribution in [-0.2, 0) is 9.59 Å². The molecule has 2 rings (SSSR count). The minimum Gasteiger partial charge on any atom is -0.317 e. The van der Waals surface area contributed by atoms with Gasteiger partial charge < -0.3 is 5.32 Å². The summed E-state index contributed by atoms with van der Waals surface area (Å²) in [5.74, 6) is -2.31. The quantitative estimate of drug-likeness (QED) is 0.500. The lowest BCUT2D eigenvalue weighted by atomic mass is 10.2. The molecular formula is C15H11BrFN3O2. The van der Waals surface area contributed by atoms with E-state index < -0.39 is 17.6 Å². The monoisotopic (exact) mass is 363 g/mol. The molecule has 0 aliphatic heterocycles. The van der Waals surface area contributed by atoms with Crippen LogP contribution in [0.1, 0.15) is 5.56 Å². The Morgan fingerprint density at radius 2 is 1.73 bits per heavy atom. The summed E-state index contributed by atoms with van der Waals surface area (Å²) < 4.78 is 14.0. The molecular weight excluding hydrogens is 353 g/mol. The van der Waals surface area contributed by atoms with E-state index in [1.54, 1.807) is 30.3 Å². The third-order valence-corrected chi connectivity index (χ3v) is 3.29. The van der Waals surface area contributed by atoms with Crippen molar-refractivity contribution >= 4 is 39.6 Å². The molecule has 0 unspecified atom stereocenters. The summed E-state index contributed by atoms with van der Waals surface area (Å²) in [5.41, 5.74) is 2.70. The van der Waals surface area contributed by atoms with Gasteiger partial charge in [0.05, 0.1) is 11.9 Å². The lowest BCUT2D eigenvalue weighted by Gasteiger charge is -2.05. The van der Waals surface area contributed by atoms with Crippen molar-refractivity contribution in [1.29, 1.82) is 0 Å². The molecule has 0 saturated carbocycles. The average Bonchev–Trinajstić information content (AvgIpc) is 2.51. The molecule has 2 N–H and O–H groups in total. The molecule has 0 saturated heterocycles. The van der Waals surface area contributed by atoms with Crippen molar-refractivity contribution in [3.63, 3.8) is 0 Å². The summed E-state index contributed by atoms with van der Waals surface area (Å²) in [6.45, 7) is 0. The number of para-hydroxylation sites is 1. The predicted octanol–water partition coefficient (Wildman–Crippen LogP) is 2.68. The Morgan fingerprint density at radius 1 is 1.05 bits per heavy atom. The normalized spacial score (nSPS) is 10.5. The predicted molar refractivity (Wildman–Crippen MR) is 84.9 cm³/mol. The van der Waals surface area contributed by atoms with E-state index in [4.69, 9.17) is 0 Å². The Kier molecular flexibility index (Phi) is 5.37. The Labute approximate surface area is 134 Å². The maximum Gasteiger partial charge on any atom is 0.329 e. The molecule has 0 aromatic heterocycles.